The van der Waals surface area contributed by atoms with Gasteiger partial charge in [0.25, 0.3) is 0 Å². The molecule has 2 saturated heterocycles. The van der Waals surface area contributed by atoms with Crippen LogP contribution in [0.25, 0.3) is 12.2 Å². The number of fused-ring (bicyclic) bond motifs is 4. The average Bonchev–Trinajstić information content (AvgIpc) is 3.55. The molecule has 0 aromatic heterocycles. The summed E-state index contributed by atoms with van der Waals surface area (Å²) in [5.74, 6) is -5.59. The van der Waals surface area contributed by atoms with Crippen molar-refractivity contribution in [2.45, 2.75) is 25.7 Å². The molecule has 1 N–H and O–H groups in total. The lowest BCUT2D eigenvalue weighted by molar-refractivity contribution is -0.131. The topological polar surface area (TPSA) is 113 Å². The third-order valence-corrected chi connectivity index (χ3v) is 11.7. The fourth-order valence-corrected chi connectivity index (χ4v) is 9.09. The molecule has 2 aliphatic heterocycles. The number of hydrogen-bond donors (Lipinski definition) is 1. The summed E-state index contributed by atoms with van der Waals surface area (Å²) in [6.07, 6.45) is 6.03. The normalized spacial score (nSPS) is 26.4. The van der Waals surface area contributed by atoms with Crippen molar-refractivity contribution in [3.63, 3.8) is 0 Å². The Bertz CT molecular complexity index is 2230. The highest BCUT2D eigenvalue weighted by Crippen LogP contribution is 2.64. The third-order valence-electron chi connectivity index (χ3n) is 11.7. The van der Waals surface area contributed by atoms with E-state index in [9.17, 15) is 28.7 Å². The molecule has 4 aliphatic rings. The molecule has 4 aromatic carbocycles. The highest BCUT2D eigenvalue weighted by Gasteiger charge is 2.68. The lowest BCUT2D eigenvalue weighted by atomic mass is 9.51. The van der Waals surface area contributed by atoms with E-state index in [1.807, 2.05) is 48.6 Å². The minimum absolute atomic E-state index is 0.147. The molecule has 6 unspecified atom stereocenters. The van der Waals surface area contributed by atoms with Crippen molar-refractivity contribution in [2.75, 3.05) is 24.0 Å². The van der Waals surface area contributed by atoms with Crippen molar-refractivity contribution in [2.24, 2.45) is 29.1 Å². The van der Waals surface area contributed by atoms with Gasteiger partial charge >= 0.3 is 0 Å². The van der Waals surface area contributed by atoms with Crippen LogP contribution in [-0.4, -0.2) is 43.0 Å². The van der Waals surface area contributed by atoms with Gasteiger partial charge in [-0.1, -0.05) is 66.3 Å². The summed E-state index contributed by atoms with van der Waals surface area (Å²) < 4.78 is 25.8. The van der Waals surface area contributed by atoms with E-state index in [-0.39, 0.29) is 30.2 Å². The molecule has 0 radical (unpaired) electrons. The first-order valence-corrected chi connectivity index (χ1v) is 17.6. The average molecular weight is 713 g/mol. The molecule has 268 valence electrons. The van der Waals surface area contributed by atoms with E-state index in [0.29, 0.717) is 28.4 Å². The van der Waals surface area contributed by atoms with Gasteiger partial charge in [0.1, 0.15) is 11.5 Å². The van der Waals surface area contributed by atoms with Gasteiger partial charge in [-0.05, 0) is 79.8 Å². The van der Waals surface area contributed by atoms with E-state index in [4.69, 9.17) is 9.47 Å². The number of carbonyl (C=O) groups is 4. The second-order valence-corrected chi connectivity index (χ2v) is 14.2. The van der Waals surface area contributed by atoms with Gasteiger partial charge in [0.05, 0.1) is 48.8 Å². The Hall–Kier alpha value is -6.03. The van der Waals surface area contributed by atoms with Crippen molar-refractivity contribution in [1.29, 1.82) is 0 Å². The molecule has 1 saturated carbocycles. The van der Waals surface area contributed by atoms with E-state index < -0.39 is 58.4 Å². The SMILES string of the molecule is COc1ccc(OC)c(C=Cc2ccc(N3C(=O)C4CC=C5C(CC6C(=O)N(c7ccccc7)C(=O)C6(C)C5c5cccc(F)c5O)C4C3=O)cc2)c1. The Kier molecular flexibility index (Phi) is 8.28. The highest BCUT2D eigenvalue weighted by atomic mass is 19.1. The number of imide groups is 2. The summed E-state index contributed by atoms with van der Waals surface area (Å²) in [7, 11) is 3.19. The van der Waals surface area contributed by atoms with Gasteiger partial charge in [0.15, 0.2) is 11.6 Å². The van der Waals surface area contributed by atoms with Gasteiger partial charge in [-0.3, -0.25) is 24.1 Å². The minimum Gasteiger partial charge on any atom is -0.505 e. The Morgan fingerprint density at radius 1 is 0.792 bits per heavy atom. The number of amides is 4. The van der Waals surface area contributed by atoms with E-state index in [1.165, 1.54) is 15.9 Å². The number of halogens is 1. The molecule has 4 amide bonds. The molecule has 6 atom stereocenters. The molecular weight excluding hydrogens is 675 g/mol. The van der Waals surface area contributed by atoms with Crippen LogP contribution in [-0.2, 0) is 19.2 Å². The maximum Gasteiger partial charge on any atom is 0.241 e. The van der Waals surface area contributed by atoms with Crippen LogP contribution in [0.1, 0.15) is 42.4 Å². The van der Waals surface area contributed by atoms with Crippen LogP contribution in [0, 0.1) is 34.9 Å². The Morgan fingerprint density at radius 2 is 1.53 bits per heavy atom. The van der Waals surface area contributed by atoms with Crippen molar-refractivity contribution in [3.8, 4) is 17.2 Å². The van der Waals surface area contributed by atoms with Gasteiger partial charge < -0.3 is 14.6 Å². The molecular formula is C43H37FN2O7. The quantitative estimate of drug-likeness (QED) is 0.123. The minimum atomic E-state index is -1.39. The summed E-state index contributed by atoms with van der Waals surface area (Å²) in [6.45, 7) is 1.70. The number of anilines is 2. The second-order valence-electron chi connectivity index (χ2n) is 14.2. The number of ether oxygens (including phenoxy) is 2. The van der Waals surface area contributed by atoms with E-state index in [2.05, 4.69) is 0 Å². The summed E-state index contributed by atoms with van der Waals surface area (Å²) in [6, 6.07) is 25.4. The molecule has 8 rings (SSSR count). The first-order valence-electron chi connectivity index (χ1n) is 17.6. The van der Waals surface area contributed by atoms with Gasteiger partial charge in [-0.15, -0.1) is 0 Å². The fraction of sp³-hybridized carbons (Fsp3) is 0.256. The number of phenols is 1. The predicted octanol–water partition coefficient (Wildman–Crippen LogP) is 7.15. The Morgan fingerprint density at radius 3 is 2.25 bits per heavy atom. The first kappa shape index (κ1) is 34.1. The van der Waals surface area contributed by atoms with Gasteiger partial charge in [-0.25, -0.2) is 9.29 Å². The number of aromatic hydroxyl groups is 1. The zero-order chi connectivity index (χ0) is 37.2. The van der Waals surface area contributed by atoms with E-state index in [1.54, 1.807) is 69.7 Å². The van der Waals surface area contributed by atoms with Crippen LogP contribution in [0.5, 0.6) is 17.2 Å². The number of carbonyl (C=O) groups excluding carboxylic acids is 4. The lowest BCUT2D eigenvalue weighted by Crippen LogP contribution is -2.49. The van der Waals surface area contributed by atoms with Crippen LogP contribution < -0.4 is 19.3 Å². The maximum absolute atomic E-state index is 15.0. The first-order chi connectivity index (χ1) is 25.6. The number of para-hydroxylation sites is 2. The Balaban J connectivity index is 1.14. The molecule has 53 heavy (non-hydrogen) atoms. The number of rotatable bonds is 7. The van der Waals surface area contributed by atoms with Crippen LogP contribution in [0.2, 0.25) is 0 Å². The van der Waals surface area contributed by atoms with Crippen molar-refractivity contribution >= 4 is 47.2 Å². The molecule has 2 heterocycles. The fourth-order valence-electron chi connectivity index (χ4n) is 9.09. The predicted molar refractivity (Wildman–Crippen MR) is 197 cm³/mol. The largest absolute Gasteiger partial charge is 0.505 e. The number of phenolic OH excluding ortho intramolecular Hbond substituents is 1. The lowest BCUT2D eigenvalue weighted by Gasteiger charge is -2.49. The summed E-state index contributed by atoms with van der Waals surface area (Å²) in [4.78, 5) is 59.7. The van der Waals surface area contributed by atoms with Crippen molar-refractivity contribution < 1.29 is 38.1 Å². The number of allylic oxidation sites excluding steroid dienone is 2. The maximum atomic E-state index is 15.0. The van der Waals surface area contributed by atoms with Gasteiger partial charge in [0.2, 0.25) is 23.6 Å². The standard InChI is InChI=1S/C43H37FN2O7/c1-43-33(40(49)46(42(43)51)26-8-5-4-6-9-26)23-32-29(37(43)31-10-7-11-34(44)38(31)47)19-20-30-36(32)41(50)45(39(30)48)27-16-13-24(14-17-27)12-15-25-22-28(52-2)18-21-35(25)53-3/h4-19,21-22,30,32-33,36-37,47H,20,23H2,1-3H3. The third kappa shape index (κ3) is 5.18. The van der Waals surface area contributed by atoms with Crippen molar-refractivity contribution in [3.05, 3.63) is 125 Å². The molecule has 3 fully saturated rings. The second kappa shape index (κ2) is 12.9. The van der Waals surface area contributed by atoms with Crippen LogP contribution in [0.3, 0.4) is 0 Å². The van der Waals surface area contributed by atoms with E-state index >= 15 is 0 Å². The summed E-state index contributed by atoms with van der Waals surface area (Å²) >= 11 is 0. The highest BCUT2D eigenvalue weighted by molar-refractivity contribution is 6.25. The zero-order valence-electron chi connectivity index (χ0n) is 29.4. The van der Waals surface area contributed by atoms with Gasteiger partial charge in [0, 0.05) is 17.0 Å². The molecule has 0 bridgehead atoms. The molecule has 0 spiro atoms. The Labute approximate surface area is 305 Å². The monoisotopic (exact) mass is 712 g/mol. The summed E-state index contributed by atoms with van der Waals surface area (Å²) in [5, 5.41) is 11.1. The molecule has 9 nitrogen and oxygen atoms in total. The molecule has 4 aromatic rings. The van der Waals surface area contributed by atoms with Crippen LogP contribution in [0.15, 0.2) is 103 Å². The zero-order valence-corrected chi connectivity index (χ0v) is 29.4. The number of methoxy groups -OCH3 is 2. The van der Waals surface area contributed by atoms with Crippen molar-refractivity contribution in [1.82, 2.24) is 0 Å². The van der Waals surface area contributed by atoms with Gasteiger partial charge in [-0.2, -0.15) is 0 Å². The smallest absolute Gasteiger partial charge is 0.241 e. The van der Waals surface area contributed by atoms with Crippen LogP contribution >= 0.6 is 0 Å². The summed E-state index contributed by atoms with van der Waals surface area (Å²) in [5.41, 5.74) is 1.93. The number of benzene rings is 4. The van der Waals surface area contributed by atoms with Crippen LogP contribution in [0.4, 0.5) is 15.8 Å². The molecule has 2 aliphatic carbocycles. The number of hydrogen-bond acceptors (Lipinski definition) is 7. The number of nitrogens with zero attached hydrogens (tertiary/aromatic N) is 2. The molecule has 10 heteroatoms. The van der Waals surface area contributed by atoms with E-state index in [0.717, 1.165) is 17.2 Å².